The summed E-state index contributed by atoms with van der Waals surface area (Å²) in [7, 11) is 0. The molecule has 0 fully saturated rings. The van der Waals surface area contributed by atoms with Crippen molar-refractivity contribution < 1.29 is 14.3 Å². The summed E-state index contributed by atoms with van der Waals surface area (Å²) in [6.45, 7) is -0.0616. The van der Waals surface area contributed by atoms with Gasteiger partial charge in [0.2, 0.25) is 0 Å². The van der Waals surface area contributed by atoms with Gasteiger partial charge in [-0.05, 0) is 22.4 Å². The number of ether oxygens (including phenoxy) is 1. The largest absolute Gasteiger partial charge is 0.459 e. The Morgan fingerprint density at radius 2 is 1.64 bits per heavy atom. The van der Waals surface area contributed by atoms with Crippen molar-refractivity contribution in [2.24, 2.45) is 0 Å². The van der Waals surface area contributed by atoms with Crippen LogP contribution >= 0.6 is 22.9 Å². The number of halogens is 1. The minimum atomic E-state index is -0.501. The molecule has 4 nitrogen and oxygen atoms in total. The lowest BCUT2D eigenvalue weighted by Gasteiger charge is -2.08. The van der Waals surface area contributed by atoms with E-state index in [9.17, 15) is 9.59 Å². The maximum absolute atomic E-state index is 12.4. The minimum Gasteiger partial charge on any atom is -0.459 e. The normalized spacial score (nSPS) is 10.9. The number of benzene rings is 3. The summed E-state index contributed by atoms with van der Waals surface area (Å²) >= 11 is 7.60. The molecule has 0 saturated carbocycles. The smallest absolute Gasteiger partial charge is 0.325 e. The molecule has 0 radical (unpaired) electrons. The molecule has 0 saturated heterocycles. The number of hydrogen-bond acceptors (Lipinski definition) is 4. The Morgan fingerprint density at radius 3 is 2.46 bits per heavy atom. The van der Waals surface area contributed by atoms with Gasteiger partial charge in [-0.15, -0.1) is 11.3 Å². The van der Waals surface area contributed by atoms with E-state index in [0.717, 1.165) is 26.4 Å². The Labute approximate surface area is 170 Å². The topological polar surface area (TPSA) is 55.4 Å². The average molecular weight is 410 g/mol. The van der Waals surface area contributed by atoms with Crippen LogP contribution in [0.15, 0.2) is 66.7 Å². The van der Waals surface area contributed by atoms with Crippen LogP contribution in [0.4, 0.5) is 0 Å². The molecule has 0 aliphatic carbocycles. The zero-order chi connectivity index (χ0) is 19.5. The van der Waals surface area contributed by atoms with Crippen LogP contribution in [0.25, 0.3) is 20.9 Å². The molecule has 0 aliphatic rings. The quantitative estimate of drug-likeness (QED) is 0.462. The average Bonchev–Trinajstić information content (AvgIpc) is 3.07. The van der Waals surface area contributed by atoms with Gasteiger partial charge in [0.15, 0.2) is 0 Å². The summed E-state index contributed by atoms with van der Waals surface area (Å²) in [6, 6.07) is 21.3. The molecule has 1 N–H and O–H groups in total. The molecule has 3 aromatic carbocycles. The summed E-state index contributed by atoms with van der Waals surface area (Å²) in [5.74, 6) is -0.883. The number of amides is 1. The van der Waals surface area contributed by atoms with E-state index in [2.05, 4.69) is 5.32 Å². The molecule has 4 rings (SSSR count). The SMILES string of the molecule is O=C(CNC(=O)c1sc2ccccc2c1Cl)OCc1cccc2ccccc12. The van der Waals surface area contributed by atoms with E-state index in [1.165, 1.54) is 11.3 Å². The molecule has 4 aromatic rings. The van der Waals surface area contributed by atoms with Gasteiger partial charge in [-0.1, -0.05) is 72.3 Å². The van der Waals surface area contributed by atoms with Crippen molar-refractivity contribution in [2.45, 2.75) is 6.61 Å². The highest BCUT2D eigenvalue weighted by Crippen LogP contribution is 2.34. The molecule has 1 heterocycles. The first-order chi connectivity index (χ1) is 13.6. The number of esters is 1. The van der Waals surface area contributed by atoms with E-state index in [0.29, 0.717) is 9.90 Å². The molecule has 28 heavy (non-hydrogen) atoms. The van der Waals surface area contributed by atoms with Crippen LogP contribution < -0.4 is 5.32 Å². The number of thiophene rings is 1. The zero-order valence-electron chi connectivity index (χ0n) is 14.8. The maximum atomic E-state index is 12.4. The number of fused-ring (bicyclic) bond motifs is 2. The van der Waals surface area contributed by atoms with E-state index in [1.54, 1.807) is 0 Å². The fourth-order valence-electron chi connectivity index (χ4n) is 3.02. The van der Waals surface area contributed by atoms with Crippen molar-refractivity contribution in [1.82, 2.24) is 5.32 Å². The molecule has 0 atom stereocenters. The fourth-order valence-corrected chi connectivity index (χ4v) is 4.45. The van der Waals surface area contributed by atoms with Crippen molar-refractivity contribution in [3.8, 4) is 0 Å². The van der Waals surface area contributed by atoms with Gasteiger partial charge in [0, 0.05) is 10.1 Å². The van der Waals surface area contributed by atoms with Crippen LogP contribution in [0.3, 0.4) is 0 Å². The van der Waals surface area contributed by atoms with Crippen molar-refractivity contribution in [1.29, 1.82) is 0 Å². The third kappa shape index (κ3) is 3.72. The van der Waals surface area contributed by atoms with E-state index in [4.69, 9.17) is 16.3 Å². The van der Waals surface area contributed by atoms with Crippen LogP contribution in [0.2, 0.25) is 5.02 Å². The molecular formula is C22H16ClNO3S. The van der Waals surface area contributed by atoms with Crippen molar-refractivity contribution in [3.63, 3.8) is 0 Å². The lowest BCUT2D eigenvalue weighted by atomic mass is 10.1. The number of nitrogens with one attached hydrogen (secondary N) is 1. The summed E-state index contributed by atoms with van der Waals surface area (Å²) in [5, 5.41) is 5.95. The zero-order valence-corrected chi connectivity index (χ0v) is 16.3. The predicted molar refractivity (Wildman–Crippen MR) is 113 cm³/mol. The number of hydrogen-bond donors (Lipinski definition) is 1. The highest BCUT2D eigenvalue weighted by molar-refractivity contribution is 7.21. The second-order valence-corrected chi connectivity index (χ2v) is 7.65. The van der Waals surface area contributed by atoms with Gasteiger partial charge < -0.3 is 10.1 Å². The molecule has 0 bridgehead atoms. The van der Waals surface area contributed by atoms with Gasteiger partial charge >= 0.3 is 5.97 Å². The Morgan fingerprint density at radius 1 is 0.929 bits per heavy atom. The Bertz CT molecular complexity index is 1180. The van der Waals surface area contributed by atoms with Gasteiger partial charge in [-0.3, -0.25) is 9.59 Å². The Kier molecular flexibility index (Phi) is 5.28. The summed E-state index contributed by atoms with van der Waals surface area (Å²) in [5.41, 5.74) is 0.922. The monoisotopic (exact) mass is 409 g/mol. The molecular weight excluding hydrogens is 394 g/mol. The van der Waals surface area contributed by atoms with Gasteiger partial charge in [-0.25, -0.2) is 0 Å². The van der Waals surface area contributed by atoms with Crippen LogP contribution in [-0.2, 0) is 16.1 Å². The third-order valence-electron chi connectivity index (χ3n) is 4.40. The van der Waals surface area contributed by atoms with Gasteiger partial charge in [0.05, 0.1) is 5.02 Å². The van der Waals surface area contributed by atoms with Crippen LogP contribution in [-0.4, -0.2) is 18.4 Å². The maximum Gasteiger partial charge on any atom is 0.325 e. The van der Waals surface area contributed by atoms with E-state index >= 15 is 0 Å². The molecule has 1 aromatic heterocycles. The highest BCUT2D eigenvalue weighted by atomic mass is 35.5. The van der Waals surface area contributed by atoms with Crippen molar-refractivity contribution >= 4 is 55.7 Å². The van der Waals surface area contributed by atoms with Crippen LogP contribution in [0.5, 0.6) is 0 Å². The second-order valence-electron chi connectivity index (χ2n) is 6.22. The Hall–Kier alpha value is -2.89. The first-order valence-corrected chi connectivity index (χ1v) is 9.90. The molecule has 0 unspecified atom stereocenters. The molecule has 0 aliphatic heterocycles. The first-order valence-electron chi connectivity index (χ1n) is 8.71. The summed E-state index contributed by atoms with van der Waals surface area (Å²) in [6.07, 6.45) is 0. The first kappa shape index (κ1) is 18.5. The highest BCUT2D eigenvalue weighted by Gasteiger charge is 2.17. The van der Waals surface area contributed by atoms with E-state index in [1.807, 2.05) is 66.7 Å². The molecule has 1 amide bonds. The third-order valence-corrected chi connectivity index (χ3v) is 6.08. The molecule has 6 heteroatoms. The van der Waals surface area contributed by atoms with E-state index in [-0.39, 0.29) is 19.1 Å². The van der Waals surface area contributed by atoms with Crippen molar-refractivity contribution in [3.05, 3.63) is 82.2 Å². The summed E-state index contributed by atoms with van der Waals surface area (Å²) < 4.78 is 6.26. The number of carbonyl (C=O) groups excluding carboxylic acids is 2. The molecule has 140 valence electrons. The number of carbonyl (C=O) groups is 2. The van der Waals surface area contributed by atoms with Crippen LogP contribution in [0.1, 0.15) is 15.2 Å². The molecule has 0 spiro atoms. The number of rotatable bonds is 5. The van der Waals surface area contributed by atoms with Gasteiger partial charge in [-0.2, -0.15) is 0 Å². The Balaban J connectivity index is 1.37. The summed E-state index contributed by atoms with van der Waals surface area (Å²) in [4.78, 5) is 24.9. The predicted octanol–water partition coefficient (Wildman–Crippen LogP) is 5.18. The minimum absolute atomic E-state index is 0.152. The van der Waals surface area contributed by atoms with E-state index < -0.39 is 5.97 Å². The van der Waals surface area contributed by atoms with Crippen molar-refractivity contribution in [2.75, 3.05) is 6.54 Å². The fraction of sp³-hybridized carbons (Fsp3) is 0.0909. The standard InChI is InChI=1S/C22H16ClNO3S/c23-20-17-10-3-4-11-18(17)28-21(20)22(26)24-12-19(25)27-13-15-8-5-7-14-6-1-2-9-16(14)15/h1-11H,12-13H2,(H,24,26). The van der Waals surface area contributed by atoms with Crippen LogP contribution in [0, 0.1) is 0 Å². The lowest BCUT2D eigenvalue weighted by molar-refractivity contribution is -0.143. The lowest BCUT2D eigenvalue weighted by Crippen LogP contribution is -2.30. The second kappa shape index (κ2) is 8.00. The van der Waals surface area contributed by atoms with Gasteiger partial charge in [0.25, 0.3) is 5.91 Å². The van der Waals surface area contributed by atoms with Gasteiger partial charge in [0.1, 0.15) is 18.0 Å².